The van der Waals surface area contributed by atoms with Crippen LogP contribution in [0.2, 0.25) is 0 Å². The Morgan fingerprint density at radius 3 is 2.21 bits per heavy atom. The van der Waals surface area contributed by atoms with Crippen LogP contribution < -0.4 is 0 Å². The van der Waals surface area contributed by atoms with Crippen molar-refractivity contribution in [2.45, 2.75) is 6.92 Å². The van der Waals surface area contributed by atoms with Crippen molar-refractivity contribution >= 4 is 32.3 Å². The third-order valence-corrected chi connectivity index (χ3v) is 3.98. The number of aryl methyl sites for hydroxylation is 1. The van der Waals surface area contributed by atoms with Gasteiger partial charge in [-0.05, 0) is 44.8 Å². The molecule has 0 aliphatic rings. The molecule has 0 nitrogen and oxygen atoms in total. The van der Waals surface area contributed by atoms with Crippen molar-refractivity contribution in [1.29, 1.82) is 0 Å². The second-order valence-corrected chi connectivity index (χ2v) is 5.12. The van der Waals surface area contributed by atoms with Gasteiger partial charge in [-0.3, -0.25) is 0 Å². The fourth-order valence-corrected chi connectivity index (χ4v) is 3.02. The number of rotatable bonds is 0. The van der Waals surface area contributed by atoms with E-state index in [2.05, 4.69) is 73.7 Å². The molecular formula is C19H14. The zero-order valence-electron chi connectivity index (χ0n) is 10.9. The molecule has 90 valence electrons. The van der Waals surface area contributed by atoms with Gasteiger partial charge in [0.2, 0.25) is 0 Å². The molecule has 0 aliphatic heterocycles. The molecule has 0 N–H and O–H groups in total. The summed E-state index contributed by atoms with van der Waals surface area (Å²) in [7, 11) is 0. The van der Waals surface area contributed by atoms with Crippen molar-refractivity contribution in [3.63, 3.8) is 0 Å². The molecule has 0 saturated heterocycles. The van der Waals surface area contributed by atoms with Crippen molar-refractivity contribution in [1.82, 2.24) is 0 Å². The minimum Gasteiger partial charge on any atom is -0.0616 e. The van der Waals surface area contributed by atoms with Gasteiger partial charge in [-0.2, -0.15) is 0 Å². The lowest BCUT2D eigenvalue weighted by Gasteiger charge is -2.09. The van der Waals surface area contributed by atoms with Gasteiger partial charge in [-0.15, -0.1) is 0 Å². The summed E-state index contributed by atoms with van der Waals surface area (Å²) in [6.07, 6.45) is 0. The summed E-state index contributed by atoms with van der Waals surface area (Å²) in [6.45, 7) is 2.18. The van der Waals surface area contributed by atoms with Crippen LogP contribution in [-0.2, 0) is 0 Å². The van der Waals surface area contributed by atoms with Gasteiger partial charge in [0.1, 0.15) is 0 Å². The summed E-state index contributed by atoms with van der Waals surface area (Å²) in [5.41, 5.74) is 1.34. The van der Waals surface area contributed by atoms with Crippen LogP contribution in [0.3, 0.4) is 0 Å². The van der Waals surface area contributed by atoms with Crippen molar-refractivity contribution in [3.8, 4) is 0 Å². The molecule has 0 aliphatic carbocycles. The lowest BCUT2D eigenvalue weighted by Crippen LogP contribution is -1.83. The molecule has 19 heavy (non-hydrogen) atoms. The maximum absolute atomic E-state index is 2.24. The average molecular weight is 242 g/mol. The minimum absolute atomic E-state index is 1.31. The highest BCUT2D eigenvalue weighted by Crippen LogP contribution is 2.32. The highest BCUT2D eigenvalue weighted by molar-refractivity contribution is 6.20. The first-order chi connectivity index (χ1) is 9.34. The zero-order chi connectivity index (χ0) is 12.8. The second kappa shape index (κ2) is 3.83. The Morgan fingerprint density at radius 1 is 0.526 bits per heavy atom. The molecule has 0 atom stereocenters. The number of hydrogen-bond donors (Lipinski definition) is 0. The van der Waals surface area contributed by atoms with Crippen molar-refractivity contribution in [2.24, 2.45) is 0 Å². The first kappa shape index (κ1) is 10.6. The summed E-state index contributed by atoms with van der Waals surface area (Å²) in [5, 5.41) is 8.05. The standard InChI is InChI=1S/C19H14/c1-13-5-4-8-18-16(13)12-11-15-10-9-14-6-2-3-7-17(14)19(15)18/h2-12H,1H3. The number of fused-ring (bicyclic) bond motifs is 5. The first-order valence-electron chi connectivity index (χ1n) is 6.64. The lowest BCUT2D eigenvalue weighted by atomic mass is 9.95. The zero-order valence-corrected chi connectivity index (χ0v) is 10.9. The van der Waals surface area contributed by atoms with Crippen LogP contribution >= 0.6 is 0 Å². The van der Waals surface area contributed by atoms with Crippen LogP contribution in [0.1, 0.15) is 5.56 Å². The normalized spacial score (nSPS) is 11.4. The molecule has 0 spiro atoms. The van der Waals surface area contributed by atoms with E-state index >= 15 is 0 Å². The smallest absolute Gasteiger partial charge is 0.00267 e. The van der Waals surface area contributed by atoms with Crippen molar-refractivity contribution in [3.05, 3.63) is 72.3 Å². The summed E-state index contributed by atoms with van der Waals surface area (Å²) in [6, 6.07) is 24.1. The van der Waals surface area contributed by atoms with E-state index in [0.717, 1.165) is 0 Å². The Hall–Kier alpha value is -2.34. The van der Waals surface area contributed by atoms with Gasteiger partial charge in [0.05, 0.1) is 0 Å². The topological polar surface area (TPSA) is 0 Å². The van der Waals surface area contributed by atoms with Crippen LogP contribution in [0, 0.1) is 6.92 Å². The third kappa shape index (κ3) is 1.47. The van der Waals surface area contributed by atoms with Gasteiger partial charge < -0.3 is 0 Å². The highest BCUT2D eigenvalue weighted by Gasteiger charge is 2.05. The maximum atomic E-state index is 2.24. The van der Waals surface area contributed by atoms with E-state index < -0.39 is 0 Å². The molecule has 0 unspecified atom stereocenters. The van der Waals surface area contributed by atoms with Gasteiger partial charge in [-0.25, -0.2) is 0 Å². The molecule has 4 rings (SSSR count). The van der Waals surface area contributed by atoms with E-state index in [4.69, 9.17) is 0 Å². The Bertz CT molecular complexity index is 917. The quantitative estimate of drug-likeness (QED) is 0.359. The summed E-state index contributed by atoms with van der Waals surface area (Å²) in [5.74, 6) is 0. The lowest BCUT2D eigenvalue weighted by molar-refractivity contribution is 1.54. The molecule has 0 fully saturated rings. The predicted octanol–water partition coefficient (Wildman–Crippen LogP) is 5.45. The molecule has 0 heteroatoms. The minimum atomic E-state index is 1.31. The molecule has 0 heterocycles. The Morgan fingerprint density at radius 2 is 1.26 bits per heavy atom. The Balaban J connectivity index is 2.37. The molecule has 4 aromatic carbocycles. The fraction of sp³-hybridized carbons (Fsp3) is 0.0526. The summed E-state index contributed by atoms with van der Waals surface area (Å²) in [4.78, 5) is 0. The van der Waals surface area contributed by atoms with E-state index in [1.807, 2.05) is 0 Å². The van der Waals surface area contributed by atoms with E-state index in [1.165, 1.54) is 37.9 Å². The summed E-state index contributed by atoms with van der Waals surface area (Å²) >= 11 is 0. The van der Waals surface area contributed by atoms with Crippen LogP contribution in [-0.4, -0.2) is 0 Å². The molecule has 0 radical (unpaired) electrons. The first-order valence-corrected chi connectivity index (χ1v) is 6.64. The van der Waals surface area contributed by atoms with Crippen LogP contribution in [0.25, 0.3) is 32.3 Å². The van der Waals surface area contributed by atoms with Crippen LogP contribution in [0.15, 0.2) is 66.7 Å². The largest absolute Gasteiger partial charge is 0.0616 e. The van der Waals surface area contributed by atoms with Crippen LogP contribution in [0.5, 0.6) is 0 Å². The van der Waals surface area contributed by atoms with E-state index in [1.54, 1.807) is 0 Å². The molecule has 0 saturated carbocycles. The van der Waals surface area contributed by atoms with Gasteiger partial charge in [0.15, 0.2) is 0 Å². The van der Waals surface area contributed by atoms with E-state index in [9.17, 15) is 0 Å². The molecule has 0 aromatic heterocycles. The summed E-state index contributed by atoms with van der Waals surface area (Å²) < 4.78 is 0. The van der Waals surface area contributed by atoms with E-state index in [0.29, 0.717) is 0 Å². The van der Waals surface area contributed by atoms with Gasteiger partial charge in [-0.1, -0.05) is 66.7 Å². The monoisotopic (exact) mass is 242 g/mol. The Kier molecular flexibility index (Phi) is 2.13. The SMILES string of the molecule is Cc1cccc2c1ccc1ccc3ccccc3c12. The van der Waals surface area contributed by atoms with Gasteiger partial charge in [0, 0.05) is 0 Å². The van der Waals surface area contributed by atoms with Gasteiger partial charge in [0.25, 0.3) is 0 Å². The maximum Gasteiger partial charge on any atom is -0.00267 e. The second-order valence-electron chi connectivity index (χ2n) is 5.12. The molecule has 0 amide bonds. The number of benzene rings is 4. The molecule has 0 bridgehead atoms. The molecular weight excluding hydrogens is 228 g/mol. The predicted molar refractivity (Wildman–Crippen MR) is 83.7 cm³/mol. The van der Waals surface area contributed by atoms with E-state index in [-0.39, 0.29) is 0 Å². The highest BCUT2D eigenvalue weighted by atomic mass is 14.1. The van der Waals surface area contributed by atoms with Gasteiger partial charge >= 0.3 is 0 Å². The Labute approximate surface area is 112 Å². The van der Waals surface area contributed by atoms with Crippen molar-refractivity contribution in [2.75, 3.05) is 0 Å². The van der Waals surface area contributed by atoms with Crippen molar-refractivity contribution < 1.29 is 0 Å². The average Bonchev–Trinajstić information content (AvgIpc) is 2.47. The fourth-order valence-electron chi connectivity index (χ4n) is 3.02. The number of hydrogen-bond acceptors (Lipinski definition) is 0. The third-order valence-electron chi connectivity index (χ3n) is 3.98. The van der Waals surface area contributed by atoms with Crippen LogP contribution in [0.4, 0.5) is 0 Å². The molecule has 4 aromatic rings.